The standard InChI is InChI=1S/C18H22N2OS/c1-2-20(18(22)19-13-17-8-5-11-21-17)16-10-9-14-6-3-4-7-15(14)12-16/h3-4,6-7,9-10,12,17H,2,5,8,11,13H2,1H3,(H,19,22)/t17-/m0/s1. The second-order valence-electron chi connectivity index (χ2n) is 5.60. The van der Waals surface area contributed by atoms with Crippen molar-refractivity contribution in [2.45, 2.75) is 25.9 Å². The number of hydrogen-bond donors (Lipinski definition) is 1. The molecular weight excluding hydrogens is 292 g/mol. The summed E-state index contributed by atoms with van der Waals surface area (Å²) in [5.41, 5.74) is 1.13. The van der Waals surface area contributed by atoms with E-state index in [1.807, 2.05) is 0 Å². The van der Waals surface area contributed by atoms with Gasteiger partial charge < -0.3 is 15.0 Å². The van der Waals surface area contributed by atoms with Crippen LogP contribution >= 0.6 is 12.2 Å². The molecule has 22 heavy (non-hydrogen) atoms. The number of nitrogens with one attached hydrogen (secondary N) is 1. The highest BCUT2D eigenvalue weighted by molar-refractivity contribution is 7.80. The van der Waals surface area contributed by atoms with E-state index in [1.165, 1.54) is 10.8 Å². The van der Waals surface area contributed by atoms with Gasteiger partial charge in [0.25, 0.3) is 0 Å². The van der Waals surface area contributed by atoms with Crippen LogP contribution in [-0.2, 0) is 4.74 Å². The third-order valence-electron chi connectivity index (χ3n) is 4.11. The highest BCUT2D eigenvalue weighted by Gasteiger charge is 2.17. The van der Waals surface area contributed by atoms with Gasteiger partial charge in [0.1, 0.15) is 0 Å². The van der Waals surface area contributed by atoms with E-state index in [0.717, 1.165) is 43.3 Å². The molecule has 0 bridgehead atoms. The van der Waals surface area contributed by atoms with Crippen molar-refractivity contribution in [3.05, 3.63) is 42.5 Å². The summed E-state index contributed by atoms with van der Waals surface area (Å²) in [4.78, 5) is 2.14. The highest BCUT2D eigenvalue weighted by Crippen LogP contribution is 2.22. The van der Waals surface area contributed by atoms with Gasteiger partial charge in [0.2, 0.25) is 0 Å². The monoisotopic (exact) mass is 314 g/mol. The van der Waals surface area contributed by atoms with Gasteiger partial charge in [0.15, 0.2) is 5.11 Å². The maximum Gasteiger partial charge on any atom is 0.173 e. The number of rotatable bonds is 4. The first kappa shape index (κ1) is 15.3. The topological polar surface area (TPSA) is 24.5 Å². The summed E-state index contributed by atoms with van der Waals surface area (Å²) >= 11 is 5.57. The second kappa shape index (κ2) is 7.07. The van der Waals surface area contributed by atoms with Crippen LogP contribution in [0.3, 0.4) is 0 Å². The zero-order valence-corrected chi connectivity index (χ0v) is 13.7. The maximum atomic E-state index is 5.64. The van der Waals surface area contributed by atoms with Crippen molar-refractivity contribution in [1.29, 1.82) is 0 Å². The van der Waals surface area contributed by atoms with Crippen molar-refractivity contribution in [3.8, 4) is 0 Å². The molecule has 116 valence electrons. The van der Waals surface area contributed by atoms with Crippen LogP contribution in [0.2, 0.25) is 0 Å². The van der Waals surface area contributed by atoms with Crippen LogP contribution < -0.4 is 10.2 Å². The fourth-order valence-electron chi connectivity index (χ4n) is 2.89. The lowest BCUT2D eigenvalue weighted by molar-refractivity contribution is 0.114. The van der Waals surface area contributed by atoms with Crippen LogP contribution in [-0.4, -0.2) is 30.9 Å². The summed E-state index contributed by atoms with van der Waals surface area (Å²) in [6, 6.07) is 14.9. The van der Waals surface area contributed by atoms with Crippen molar-refractivity contribution in [1.82, 2.24) is 5.32 Å². The van der Waals surface area contributed by atoms with Crippen LogP contribution in [0, 0.1) is 0 Å². The van der Waals surface area contributed by atoms with Gasteiger partial charge in [-0.2, -0.15) is 0 Å². The largest absolute Gasteiger partial charge is 0.376 e. The molecule has 1 aliphatic heterocycles. The molecular formula is C18H22N2OS. The predicted molar refractivity (Wildman–Crippen MR) is 96.5 cm³/mol. The van der Waals surface area contributed by atoms with Gasteiger partial charge >= 0.3 is 0 Å². The van der Waals surface area contributed by atoms with Crippen molar-refractivity contribution in [3.63, 3.8) is 0 Å². The molecule has 0 aliphatic carbocycles. The fourth-order valence-corrected chi connectivity index (χ4v) is 3.21. The Balaban J connectivity index is 1.71. The molecule has 0 saturated carbocycles. The lowest BCUT2D eigenvalue weighted by Crippen LogP contribution is -2.42. The predicted octanol–water partition coefficient (Wildman–Crippen LogP) is 3.72. The third kappa shape index (κ3) is 3.39. The minimum Gasteiger partial charge on any atom is -0.376 e. The first-order valence-electron chi connectivity index (χ1n) is 7.93. The molecule has 4 heteroatoms. The number of anilines is 1. The molecule has 2 aromatic carbocycles. The highest BCUT2D eigenvalue weighted by atomic mass is 32.1. The quantitative estimate of drug-likeness (QED) is 0.869. The molecule has 3 rings (SSSR count). The molecule has 0 aromatic heterocycles. The number of ether oxygens (including phenoxy) is 1. The summed E-state index contributed by atoms with van der Waals surface area (Å²) in [6.45, 7) is 4.63. The Kier molecular flexibility index (Phi) is 4.90. The van der Waals surface area contributed by atoms with Gasteiger partial charge in [-0.25, -0.2) is 0 Å². The zero-order valence-electron chi connectivity index (χ0n) is 12.9. The van der Waals surface area contributed by atoms with E-state index in [1.54, 1.807) is 0 Å². The second-order valence-corrected chi connectivity index (χ2v) is 5.98. The van der Waals surface area contributed by atoms with Gasteiger partial charge in [0, 0.05) is 25.4 Å². The van der Waals surface area contributed by atoms with Crippen molar-refractivity contribution < 1.29 is 4.74 Å². The summed E-state index contributed by atoms with van der Waals surface area (Å²) in [6.07, 6.45) is 2.58. The Labute approximate surface area is 137 Å². The molecule has 0 amide bonds. The molecule has 1 heterocycles. The number of hydrogen-bond acceptors (Lipinski definition) is 2. The average molecular weight is 314 g/mol. The average Bonchev–Trinajstić information content (AvgIpc) is 3.07. The molecule has 1 atom stereocenters. The van der Waals surface area contributed by atoms with Crippen LogP contribution in [0.1, 0.15) is 19.8 Å². The van der Waals surface area contributed by atoms with Gasteiger partial charge in [-0.15, -0.1) is 0 Å². The Morgan fingerprint density at radius 2 is 2.09 bits per heavy atom. The van der Waals surface area contributed by atoms with Gasteiger partial charge in [0.05, 0.1) is 6.10 Å². The first-order valence-corrected chi connectivity index (χ1v) is 8.34. The van der Waals surface area contributed by atoms with Crippen LogP contribution in [0.4, 0.5) is 5.69 Å². The fraction of sp³-hybridized carbons (Fsp3) is 0.389. The summed E-state index contributed by atoms with van der Waals surface area (Å²) < 4.78 is 5.64. The van der Waals surface area contributed by atoms with Crippen LogP contribution in [0.5, 0.6) is 0 Å². The van der Waals surface area contributed by atoms with Crippen molar-refractivity contribution in [2.24, 2.45) is 0 Å². The Morgan fingerprint density at radius 3 is 2.82 bits per heavy atom. The molecule has 1 N–H and O–H groups in total. The Hall–Kier alpha value is -1.65. The van der Waals surface area contributed by atoms with E-state index in [9.17, 15) is 0 Å². The number of benzene rings is 2. The molecule has 0 spiro atoms. The number of thiocarbonyl (C=S) groups is 1. The molecule has 1 fully saturated rings. The van der Waals surface area contributed by atoms with E-state index in [0.29, 0.717) is 6.10 Å². The van der Waals surface area contributed by atoms with E-state index in [-0.39, 0.29) is 0 Å². The maximum absolute atomic E-state index is 5.64. The summed E-state index contributed by atoms with van der Waals surface area (Å²) in [5, 5.41) is 6.61. The van der Waals surface area contributed by atoms with Crippen LogP contribution in [0.25, 0.3) is 10.8 Å². The summed E-state index contributed by atoms with van der Waals surface area (Å²) in [5.74, 6) is 0. The lowest BCUT2D eigenvalue weighted by atomic mass is 10.1. The van der Waals surface area contributed by atoms with Crippen LogP contribution in [0.15, 0.2) is 42.5 Å². The lowest BCUT2D eigenvalue weighted by Gasteiger charge is -2.25. The van der Waals surface area contributed by atoms with Gasteiger partial charge in [-0.1, -0.05) is 30.3 Å². The molecule has 1 aliphatic rings. The minimum absolute atomic E-state index is 0.299. The smallest absolute Gasteiger partial charge is 0.173 e. The minimum atomic E-state index is 0.299. The zero-order chi connectivity index (χ0) is 15.4. The van der Waals surface area contributed by atoms with Gasteiger partial charge in [-0.05, 0) is 54.9 Å². The molecule has 1 saturated heterocycles. The number of fused-ring (bicyclic) bond motifs is 1. The van der Waals surface area contributed by atoms with Crippen molar-refractivity contribution in [2.75, 3.05) is 24.6 Å². The molecule has 0 unspecified atom stereocenters. The first-order chi connectivity index (χ1) is 10.8. The molecule has 0 radical (unpaired) electrons. The summed E-state index contributed by atoms with van der Waals surface area (Å²) in [7, 11) is 0. The normalized spacial score (nSPS) is 17.6. The van der Waals surface area contributed by atoms with Gasteiger partial charge in [-0.3, -0.25) is 0 Å². The van der Waals surface area contributed by atoms with E-state index in [4.69, 9.17) is 17.0 Å². The molecule has 2 aromatic rings. The van der Waals surface area contributed by atoms with E-state index >= 15 is 0 Å². The number of nitrogens with zero attached hydrogens (tertiary/aromatic N) is 1. The van der Waals surface area contributed by atoms with E-state index < -0.39 is 0 Å². The Bertz CT molecular complexity index is 652. The third-order valence-corrected chi connectivity index (χ3v) is 4.48. The SMILES string of the molecule is CCN(C(=S)NC[C@@H]1CCCO1)c1ccc2ccccc2c1. The van der Waals surface area contributed by atoms with Crippen molar-refractivity contribution >= 4 is 33.8 Å². The molecule has 3 nitrogen and oxygen atoms in total. The van der Waals surface area contributed by atoms with E-state index in [2.05, 4.69) is 59.6 Å². The Morgan fingerprint density at radius 1 is 1.27 bits per heavy atom.